The molecule has 1 N–H and O–H groups in total. The smallest absolute Gasteiger partial charge is 0.290 e. The monoisotopic (exact) mass is 411 g/mol. The van der Waals surface area contributed by atoms with Gasteiger partial charge in [-0.3, -0.25) is 9.59 Å². The highest BCUT2D eigenvalue weighted by Gasteiger charge is 2.44. The van der Waals surface area contributed by atoms with Gasteiger partial charge in [-0.05, 0) is 40.6 Å². The van der Waals surface area contributed by atoms with Gasteiger partial charge in [0.05, 0.1) is 17.6 Å². The maximum absolute atomic E-state index is 13.1. The van der Waals surface area contributed by atoms with Crippen LogP contribution in [0.4, 0.5) is 0 Å². The largest absolute Gasteiger partial charge is 0.503 e. The van der Waals surface area contributed by atoms with E-state index in [9.17, 15) is 14.7 Å². The average Bonchev–Trinajstić information content (AvgIpc) is 3.46. The Balaban J connectivity index is 1.72. The number of benzene rings is 1. The Labute approximate surface area is 170 Å². The first-order chi connectivity index (χ1) is 13.6. The van der Waals surface area contributed by atoms with Gasteiger partial charge < -0.3 is 14.7 Å². The molecule has 1 aliphatic heterocycles. The summed E-state index contributed by atoms with van der Waals surface area (Å²) in [6.07, 6.45) is 0. The minimum Gasteiger partial charge on any atom is -0.503 e. The molecular formula is C21H17NO4S2. The molecule has 7 heteroatoms. The summed E-state index contributed by atoms with van der Waals surface area (Å²) in [6.45, 7) is 0.274. The fourth-order valence-corrected chi connectivity index (χ4v) is 4.78. The Kier molecular flexibility index (Phi) is 5.02. The number of thiophene rings is 2. The summed E-state index contributed by atoms with van der Waals surface area (Å²) < 4.78 is 5.18. The van der Waals surface area contributed by atoms with Gasteiger partial charge in [0.15, 0.2) is 5.76 Å². The molecule has 3 heterocycles. The molecule has 0 fully saturated rings. The van der Waals surface area contributed by atoms with Crippen molar-refractivity contribution in [3.05, 3.63) is 85.9 Å². The lowest BCUT2D eigenvalue weighted by Gasteiger charge is -2.25. The zero-order valence-corrected chi connectivity index (χ0v) is 16.6. The van der Waals surface area contributed by atoms with Gasteiger partial charge >= 0.3 is 0 Å². The number of aliphatic hydroxyl groups is 1. The van der Waals surface area contributed by atoms with E-state index >= 15 is 0 Å². The molecule has 1 aromatic carbocycles. The van der Waals surface area contributed by atoms with Crippen LogP contribution in [0.3, 0.4) is 0 Å². The number of hydrogen-bond acceptors (Lipinski definition) is 6. The van der Waals surface area contributed by atoms with Crippen molar-refractivity contribution in [2.24, 2.45) is 0 Å². The Hall–Kier alpha value is -2.90. The summed E-state index contributed by atoms with van der Waals surface area (Å²) in [6, 6.07) is 14.0. The average molecular weight is 412 g/mol. The normalized spacial score (nSPS) is 16.7. The van der Waals surface area contributed by atoms with Gasteiger partial charge in [-0.25, -0.2) is 0 Å². The Morgan fingerprint density at radius 1 is 1.11 bits per heavy atom. The Morgan fingerprint density at radius 3 is 2.43 bits per heavy atom. The van der Waals surface area contributed by atoms with Crippen molar-refractivity contribution in [2.75, 3.05) is 7.11 Å². The summed E-state index contributed by atoms with van der Waals surface area (Å²) in [7, 11) is 1.59. The number of carbonyl (C=O) groups is 2. The first-order valence-corrected chi connectivity index (χ1v) is 10.3. The Morgan fingerprint density at radius 2 is 1.82 bits per heavy atom. The second-order valence-corrected chi connectivity index (χ2v) is 8.19. The summed E-state index contributed by atoms with van der Waals surface area (Å²) in [5, 5.41) is 14.3. The molecule has 4 rings (SSSR count). The fourth-order valence-electron chi connectivity index (χ4n) is 3.26. The summed E-state index contributed by atoms with van der Waals surface area (Å²) in [5.41, 5.74) is 1.02. The van der Waals surface area contributed by atoms with Crippen LogP contribution in [0, 0.1) is 0 Å². The van der Waals surface area contributed by atoms with Crippen molar-refractivity contribution in [3.8, 4) is 5.75 Å². The number of hydrogen-bond donors (Lipinski definition) is 1. The van der Waals surface area contributed by atoms with E-state index in [-0.39, 0.29) is 17.9 Å². The van der Waals surface area contributed by atoms with Gasteiger partial charge in [0.1, 0.15) is 11.8 Å². The molecule has 0 saturated carbocycles. The molecule has 0 radical (unpaired) electrons. The number of aliphatic hydroxyl groups excluding tert-OH is 1. The van der Waals surface area contributed by atoms with Gasteiger partial charge in [-0.2, -0.15) is 0 Å². The maximum Gasteiger partial charge on any atom is 0.290 e. The standard InChI is InChI=1S/C21H17NO4S2/c1-26-14-8-6-13(7-9-14)12-22-18(15-4-2-10-27-15)17(20(24)21(22)25)19(23)16-5-3-11-28-16/h2-11,18,24H,12H2,1H3. The number of rotatable bonds is 6. The minimum absolute atomic E-state index is 0.142. The van der Waals surface area contributed by atoms with Crippen LogP contribution in [0.1, 0.15) is 26.2 Å². The van der Waals surface area contributed by atoms with E-state index in [0.29, 0.717) is 4.88 Å². The second-order valence-electron chi connectivity index (χ2n) is 6.27. The van der Waals surface area contributed by atoms with Crippen LogP contribution in [0.15, 0.2) is 70.6 Å². The molecule has 0 aliphatic carbocycles. The topological polar surface area (TPSA) is 66.8 Å². The maximum atomic E-state index is 13.1. The van der Waals surface area contributed by atoms with E-state index in [2.05, 4.69) is 0 Å². The molecule has 0 bridgehead atoms. The van der Waals surface area contributed by atoms with Crippen LogP contribution in [0.2, 0.25) is 0 Å². The van der Waals surface area contributed by atoms with Crippen molar-refractivity contribution in [3.63, 3.8) is 0 Å². The molecule has 1 aliphatic rings. The highest BCUT2D eigenvalue weighted by Crippen LogP contribution is 2.42. The number of ether oxygens (including phenoxy) is 1. The van der Waals surface area contributed by atoms with Gasteiger partial charge in [-0.1, -0.05) is 24.3 Å². The molecule has 0 saturated heterocycles. The van der Waals surface area contributed by atoms with Crippen LogP contribution in [-0.4, -0.2) is 28.8 Å². The lowest BCUT2D eigenvalue weighted by atomic mass is 10.0. The lowest BCUT2D eigenvalue weighted by molar-refractivity contribution is -0.130. The zero-order chi connectivity index (χ0) is 19.7. The summed E-state index contributed by atoms with van der Waals surface area (Å²) >= 11 is 2.75. The molecule has 142 valence electrons. The van der Waals surface area contributed by atoms with Gasteiger partial charge in [0.2, 0.25) is 5.78 Å². The molecule has 5 nitrogen and oxygen atoms in total. The second kappa shape index (κ2) is 7.61. The number of carbonyl (C=O) groups excluding carboxylic acids is 2. The van der Waals surface area contributed by atoms with E-state index in [1.807, 2.05) is 41.8 Å². The third-order valence-corrected chi connectivity index (χ3v) is 6.41. The number of Topliss-reactive ketones (excluding diaryl/α,β-unsaturated/α-hetero) is 1. The molecule has 2 aromatic heterocycles. The summed E-state index contributed by atoms with van der Waals surface area (Å²) in [5.74, 6) is -0.586. The molecule has 1 unspecified atom stereocenters. The van der Waals surface area contributed by atoms with Crippen molar-refractivity contribution in [2.45, 2.75) is 12.6 Å². The van der Waals surface area contributed by atoms with Crippen LogP contribution < -0.4 is 4.74 Å². The number of nitrogens with zero attached hydrogens (tertiary/aromatic N) is 1. The highest BCUT2D eigenvalue weighted by molar-refractivity contribution is 7.12. The number of methoxy groups -OCH3 is 1. The number of ketones is 1. The van der Waals surface area contributed by atoms with Gasteiger partial charge in [0.25, 0.3) is 5.91 Å². The molecule has 1 atom stereocenters. The minimum atomic E-state index is -0.607. The third kappa shape index (κ3) is 3.23. The van der Waals surface area contributed by atoms with Crippen LogP contribution in [0.25, 0.3) is 0 Å². The predicted octanol–water partition coefficient (Wildman–Crippen LogP) is 4.60. The van der Waals surface area contributed by atoms with E-state index in [1.54, 1.807) is 29.5 Å². The third-order valence-electron chi connectivity index (χ3n) is 4.62. The predicted molar refractivity (Wildman–Crippen MR) is 109 cm³/mol. The van der Waals surface area contributed by atoms with Crippen LogP contribution in [0.5, 0.6) is 5.75 Å². The van der Waals surface area contributed by atoms with E-state index in [0.717, 1.165) is 16.2 Å². The molecule has 3 aromatic rings. The summed E-state index contributed by atoms with van der Waals surface area (Å²) in [4.78, 5) is 28.8. The van der Waals surface area contributed by atoms with Crippen molar-refractivity contribution < 1.29 is 19.4 Å². The fraction of sp³-hybridized carbons (Fsp3) is 0.143. The Bertz CT molecular complexity index is 1020. The number of amides is 1. The lowest BCUT2D eigenvalue weighted by Crippen LogP contribution is -2.30. The molecule has 1 amide bonds. The van der Waals surface area contributed by atoms with Gasteiger partial charge in [-0.15, -0.1) is 22.7 Å². The highest BCUT2D eigenvalue weighted by atomic mass is 32.1. The van der Waals surface area contributed by atoms with E-state index in [4.69, 9.17) is 4.74 Å². The van der Waals surface area contributed by atoms with Gasteiger partial charge in [0, 0.05) is 11.4 Å². The SMILES string of the molecule is COc1ccc(CN2C(=O)C(O)=C(C(=O)c3cccs3)C2c2cccs2)cc1. The van der Waals surface area contributed by atoms with Crippen molar-refractivity contribution in [1.82, 2.24) is 4.90 Å². The molecule has 0 spiro atoms. The van der Waals surface area contributed by atoms with E-state index < -0.39 is 17.7 Å². The van der Waals surface area contributed by atoms with Crippen LogP contribution in [-0.2, 0) is 11.3 Å². The zero-order valence-electron chi connectivity index (χ0n) is 15.0. The van der Waals surface area contributed by atoms with E-state index in [1.165, 1.54) is 22.7 Å². The molecule has 28 heavy (non-hydrogen) atoms. The molecular weight excluding hydrogens is 394 g/mol. The first-order valence-electron chi connectivity index (χ1n) is 8.58. The van der Waals surface area contributed by atoms with Crippen molar-refractivity contribution >= 4 is 34.4 Å². The van der Waals surface area contributed by atoms with Crippen LogP contribution >= 0.6 is 22.7 Å². The first kappa shape index (κ1) is 18.5. The quantitative estimate of drug-likeness (QED) is 0.602. The van der Waals surface area contributed by atoms with Crippen molar-refractivity contribution in [1.29, 1.82) is 0 Å².